The lowest BCUT2D eigenvalue weighted by Gasteiger charge is -2.05. The first-order valence-corrected chi connectivity index (χ1v) is 12.6. The van der Waals surface area contributed by atoms with E-state index < -0.39 is 9.84 Å². The van der Waals surface area contributed by atoms with Crippen molar-refractivity contribution in [3.8, 4) is 11.3 Å². The van der Waals surface area contributed by atoms with Crippen LogP contribution in [0.4, 0.5) is 5.13 Å². The zero-order valence-electron chi connectivity index (χ0n) is 16.4. The van der Waals surface area contributed by atoms with Crippen molar-refractivity contribution in [3.05, 3.63) is 77.1 Å². The van der Waals surface area contributed by atoms with E-state index in [4.69, 9.17) is 11.6 Å². The molecule has 4 rings (SSSR count). The summed E-state index contributed by atoms with van der Waals surface area (Å²) in [5, 5.41) is 7.87. The number of carbonyl (C=O) groups excluding carboxylic acids is 1. The molecule has 1 aromatic heterocycles. The Morgan fingerprint density at radius 2 is 1.74 bits per heavy atom. The van der Waals surface area contributed by atoms with Crippen LogP contribution in [0.2, 0.25) is 5.02 Å². The van der Waals surface area contributed by atoms with Crippen LogP contribution < -0.4 is 5.32 Å². The number of nitrogens with one attached hydrogen (secondary N) is 1. The third-order valence-corrected chi connectivity index (χ3v) is 7.63. The van der Waals surface area contributed by atoms with Gasteiger partial charge in [0.2, 0.25) is 5.91 Å². The van der Waals surface area contributed by atoms with E-state index in [1.54, 1.807) is 0 Å². The standard InChI is InChI=1S/C23H19ClN2O3S2/c24-17-10-12-18(13-11-17)31(28,29)14-4-9-22(27)26-23-25-21(15-30-23)20-8-3-6-16-5-1-2-7-19(16)20/h1-3,5-8,10-13,15H,4,9,14H2,(H,25,26,27). The van der Waals surface area contributed by atoms with Crippen molar-refractivity contribution in [3.63, 3.8) is 0 Å². The van der Waals surface area contributed by atoms with Crippen molar-refractivity contribution >= 4 is 54.6 Å². The van der Waals surface area contributed by atoms with Crippen LogP contribution in [0.25, 0.3) is 22.0 Å². The summed E-state index contributed by atoms with van der Waals surface area (Å²) in [5.74, 6) is -0.369. The minimum Gasteiger partial charge on any atom is -0.302 e. The van der Waals surface area contributed by atoms with E-state index in [1.165, 1.54) is 35.6 Å². The Labute approximate surface area is 189 Å². The molecule has 0 saturated heterocycles. The van der Waals surface area contributed by atoms with Gasteiger partial charge in [-0.1, -0.05) is 54.1 Å². The maximum Gasteiger partial charge on any atom is 0.226 e. The molecule has 0 aliphatic heterocycles. The van der Waals surface area contributed by atoms with E-state index in [9.17, 15) is 13.2 Å². The summed E-state index contributed by atoms with van der Waals surface area (Å²) < 4.78 is 24.7. The lowest BCUT2D eigenvalue weighted by molar-refractivity contribution is -0.116. The number of hydrogen-bond donors (Lipinski definition) is 1. The van der Waals surface area contributed by atoms with Gasteiger partial charge in [-0.05, 0) is 41.5 Å². The highest BCUT2D eigenvalue weighted by Gasteiger charge is 2.16. The molecule has 0 fully saturated rings. The van der Waals surface area contributed by atoms with E-state index in [1.807, 2.05) is 47.8 Å². The van der Waals surface area contributed by atoms with Crippen LogP contribution in [0.15, 0.2) is 77.0 Å². The number of sulfone groups is 1. The van der Waals surface area contributed by atoms with Gasteiger partial charge in [-0.25, -0.2) is 13.4 Å². The van der Waals surface area contributed by atoms with Crippen molar-refractivity contribution < 1.29 is 13.2 Å². The van der Waals surface area contributed by atoms with E-state index in [0.29, 0.717) is 10.2 Å². The third kappa shape index (κ3) is 5.12. The van der Waals surface area contributed by atoms with Crippen LogP contribution in [-0.2, 0) is 14.6 Å². The molecule has 8 heteroatoms. The Morgan fingerprint density at radius 3 is 2.55 bits per heavy atom. The molecule has 5 nitrogen and oxygen atoms in total. The van der Waals surface area contributed by atoms with Gasteiger partial charge in [0.15, 0.2) is 15.0 Å². The highest BCUT2D eigenvalue weighted by molar-refractivity contribution is 7.91. The summed E-state index contributed by atoms with van der Waals surface area (Å²) in [6.07, 6.45) is 0.314. The molecule has 0 aliphatic carbocycles. The number of aromatic nitrogens is 1. The van der Waals surface area contributed by atoms with Crippen molar-refractivity contribution in [1.29, 1.82) is 0 Å². The van der Waals surface area contributed by atoms with Gasteiger partial charge in [0.05, 0.1) is 16.3 Å². The summed E-state index contributed by atoms with van der Waals surface area (Å²) in [5.41, 5.74) is 1.80. The number of hydrogen-bond acceptors (Lipinski definition) is 5. The molecule has 1 heterocycles. The van der Waals surface area contributed by atoms with E-state index in [0.717, 1.165) is 22.0 Å². The summed E-state index contributed by atoms with van der Waals surface area (Å²) in [6.45, 7) is 0. The fourth-order valence-corrected chi connectivity index (χ4v) is 5.43. The summed E-state index contributed by atoms with van der Waals surface area (Å²) in [6, 6.07) is 20.1. The monoisotopic (exact) mass is 470 g/mol. The normalized spacial score (nSPS) is 11.5. The van der Waals surface area contributed by atoms with Crippen LogP contribution in [-0.4, -0.2) is 25.1 Å². The number of halogens is 1. The third-order valence-electron chi connectivity index (χ3n) is 4.81. The minimum atomic E-state index is -3.45. The van der Waals surface area contributed by atoms with Gasteiger partial charge < -0.3 is 5.32 Å². The summed E-state index contributed by atoms with van der Waals surface area (Å²) >= 11 is 7.15. The van der Waals surface area contributed by atoms with Crippen LogP contribution in [0.5, 0.6) is 0 Å². The highest BCUT2D eigenvalue weighted by Crippen LogP contribution is 2.31. The first-order valence-electron chi connectivity index (χ1n) is 9.64. The Kier molecular flexibility index (Phi) is 6.36. The Hall–Kier alpha value is -2.74. The largest absolute Gasteiger partial charge is 0.302 e. The van der Waals surface area contributed by atoms with Crippen LogP contribution >= 0.6 is 22.9 Å². The maximum absolute atomic E-state index is 12.4. The van der Waals surface area contributed by atoms with Crippen molar-refractivity contribution in [2.45, 2.75) is 17.7 Å². The lowest BCUT2D eigenvalue weighted by Crippen LogP contribution is -2.14. The van der Waals surface area contributed by atoms with Gasteiger partial charge in [-0.2, -0.15) is 0 Å². The fourth-order valence-electron chi connectivity index (χ4n) is 3.27. The van der Waals surface area contributed by atoms with Crippen LogP contribution in [0.1, 0.15) is 12.8 Å². The molecule has 3 aromatic carbocycles. The Balaban J connectivity index is 1.37. The maximum atomic E-state index is 12.4. The van der Waals surface area contributed by atoms with Gasteiger partial charge >= 0.3 is 0 Å². The molecular weight excluding hydrogens is 452 g/mol. The van der Waals surface area contributed by atoms with Gasteiger partial charge in [0.25, 0.3) is 0 Å². The molecule has 0 saturated carbocycles. The van der Waals surface area contributed by atoms with E-state index in [2.05, 4.69) is 10.3 Å². The quantitative estimate of drug-likeness (QED) is 0.370. The number of fused-ring (bicyclic) bond motifs is 1. The number of nitrogens with zero attached hydrogens (tertiary/aromatic N) is 1. The predicted octanol–water partition coefficient (Wildman–Crippen LogP) is 5.81. The predicted molar refractivity (Wildman–Crippen MR) is 126 cm³/mol. The molecule has 0 unspecified atom stereocenters. The van der Waals surface area contributed by atoms with E-state index in [-0.39, 0.29) is 29.4 Å². The van der Waals surface area contributed by atoms with Crippen LogP contribution in [0, 0.1) is 0 Å². The second-order valence-corrected chi connectivity index (χ2v) is 10.4. The Morgan fingerprint density at radius 1 is 1.00 bits per heavy atom. The minimum absolute atomic E-state index is 0.0933. The zero-order chi connectivity index (χ0) is 21.8. The fraction of sp³-hybridized carbons (Fsp3) is 0.130. The number of thiazole rings is 1. The SMILES string of the molecule is O=C(CCCS(=O)(=O)c1ccc(Cl)cc1)Nc1nc(-c2cccc3ccccc23)cs1. The average Bonchev–Trinajstić information content (AvgIpc) is 3.21. The number of amides is 1. The van der Waals surface area contributed by atoms with Crippen molar-refractivity contribution in [2.24, 2.45) is 0 Å². The highest BCUT2D eigenvalue weighted by atomic mass is 35.5. The number of benzene rings is 3. The Bertz CT molecular complexity index is 1330. The first kappa shape index (κ1) is 21.5. The second-order valence-electron chi connectivity index (χ2n) is 6.99. The van der Waals surface area contributed by atoms with Gasteiger partial charge in [-0.3, -0.25) is 4.79 Å². The smallest absolute Gasteiger partial charge is 0.226 e. The zero-order valence-corrected chi connectivity index (χ0v) is 18.8. The molecule has 158 valence electrons. The van der Waals surface area contributed by atoms with Crippen molar-refractivity contribution in [1.82, 2.24) is 4.98 Å². The number of anilines is 1. The molecule has 0 spiro atoms. The molecule has 1 amide bonds. The first-order chi connectivity index (χ1) is 14.9. The summed E-state index contributed by atoms with van der Waals surface area (Å²) in [4.78, 5) is 17.0. The number of carbonyl (C=O) groups is 1. The van der Waals surface area contributed by atoms with E-state index >= 15 is 0 Å². The average molecular weight is 471 g/mol. The van der Waals surface area contributed by atoms with Crippen LogP contribution in [0.3, 0.4) is 0 Å². The molecule has 0 bridgehead atoms. The van der Waals surface area contributed by atoms with Gasteiger partial charge in [0, 0.05) is 22.4 Å². The molecule has 0 atom stereocenters. The molecule has 4 aromatic rings. The molecular formula is C23H19ClN2O3S2. The van der Waals surface area contributed by atoms with Gasteiger partial charge in [-0.15, -0.1) is 11.3 Å². The lowest BCUT2D eigenvalue weighted by atomic mass is 10.0. The number of rotatable bonds is 7. The second kappa shape index (κ2) is 9.18. The topological polar surface area (TPSA) is 76.1 Å². The summed E-state index contributed by atoms with van der Waals surface area (Å²) in [7, 11) is -3.45. The van der Waals surface area contributed by atoms with Crippen molar-refractivity contribution in [2.75, 3.05) is 11.1 Å². The van der Waals surface area contributed by atoms with Gasteiger partial charge in [0.1, 0.15) is 0 Å². The molecule has 1 N–H and O–H groups in total. The molecule has 0 radical (unpaired) electrons. The molecule has 31 heavy (non-hydrogen) atoms. The molecule has 0 aliphatic rings.